The van der Waals surface area contributed by atoms with Crippen molar-refractivity contribution in [3.05, 3.63) is 69.1 Å². The molecule has 0 bridgehead atoms. The van der Waals surface area contributed by atoms with Gasteiger partial charge in [-0.05, 0) is 42.0 Å². The van der Waals surface area contributed by atoms with Gasteiger partial charge in [-0.25, -0.2) is 8.78 Å². The zero-order chi connectivity index (χ0) is 24.6. The van der Waals surface area contributed by atoms with E-state index in [1.54, 1.807) is 23.1 Å². The molecule has 0 unspecified atom stereocenters. The lowest BCUT2D eigenvalue weighted by Gasteiger charge is -2.34. The van der Waals surface area contributed by atoms with E-state index < -0.39 is 28.7 Å². The molecular formula is C24H21ClF2N2O4S. The van der Waals surface area contributed by atoms with E-state index in [0.29, 0.717) is 48.7 Å². The minimum atomic E-state index is -1.31. The number of carbonyl (C=O) groups excluding carboxylic acids is 2. The number of rotatable bonds is 5. The molecule has 10 heteroatoms. The predicted octanol–water partition coefficient (Wildman–Crippen LogP) is 4.65. The van der Waals surface area contributed by atoms with Gasteiger partial charge in [-0.1, -0.05) is 11.6 Å². The van der Waals surface area contributed by atoms with Gasteiger partial charge in [0.25, 0.3) is 0 Å². The van der Waals surface area contributed by atoms with E-state index in [4.69, 9.17) is 11.6 Å². The first-order valence-corrected chi connectivity index (χ1v) is 11.7. The molecular weight excluding hydrogens is 486 g/mol. The quantitative estimate of drug-likeness (QED) is 0.492. The minimum absolute atomic E-state index is 0.0288. The highest BCUT2D eigenvalue weighted by molar-refractivity contribution is 7.17. The average molecular weight is 507 g/mol. The van der Waals surface area contributed by atoms with Crippen LogP contribution in [0.4, 0.5) is 8.78 Å². The number of carbonyl (C=O) groups is 2. The maximum absolute atomic E-state index is 14.2. The number of hydrogen-bond acceptors (Lipinski definition) is 6. The van der Waals surface area contributed by atoms with Gasteiger partial charge in [0.2, 0.25) is 11.7 Å². The number of benzene rings is 2. The molecule has 0 saturated carbocycles. The summed E-state index contributed by atoms with van der Waals surface area (Å²) < 4.78 is 28.3. The molecule has 6 nitrogen and oxygen atoms in total. The molecule has 1 fully saturated rings. The number of halogens is 3. The molecule has 178 valence electrons. The van der Waals surface area contributed by atoms with Crippen LogP contribution in [0.25, 0.3) is 10.4 Å². The molecule has 1 aliphatic rings. The zero-order valence-electron chi connectivity index (χ0n) is 18.1. The first-order valence-electron chi connectivity index (χ1n) is 10.5. The van der Waals surface area contributed by atoms with Crippen LogP contribution in [0.15, 0.2) is 36.4 Å². The normalized spacial score (nSPS) is 14.4. The fraction of sp³-hybridized carbons (Fsp3) is 0.250. The molecule has 3 aromatic rings. The van der Waals surface area contributed by atoms with Crippen molar-refractivity contribution in [1.29, 1.82) is 0 Å². The summed E-state index contributed by atoms with van der Waals surface area (Å²) in [7, 11) is 0. The Hall–Kier alpha value is -3.01. The molecule has 34 heavy (non-hydrogen) atoms. The predicted molar refractivity (Wildman–Crippen MR) is 125 cm³/mol. The molecule has 2 heterocycles. The molecule has 1 amide bonds. The Balaban J connectivity index is 1.58. The Labute approximate surface area is 203 Å². The van der Waals surface area contributed by atoms with Gasteiger partial charge in [-0.3, -0.25) is 14.5 Å². The molecule has 2 N–H and O–H groups in total. The highest BCUT2D eigenvalue weighted by Gasteiger charge is 2.24. The summed E-state index contributed by atoms with van der Waals surface area (Å²) in [6.45, 7) is 4.46. The average Bonchev–Trinajstić information content (AvgIpc) is 3.30. The summed E-state index contributed by atoms with van der Waals surface area (Å²) in [5.41, 5.74) is 0.411. The van der Waals surface area contributed by atoms with Crippen LogP contribution in [0.1, 0.15) is 27.7 Å². The number of amides is 1. The van der Waals surface area contributed by atoms with E-state index in [-0.39, 0.29) is 21.6 Å². The summed E-state index contributed by atoms with van der Waals surface area (Å²) in [5.74, 6) is -4.07. The summed E-state index contributed by atoms with van der Waals surface area (Å²) in [6.07, 6.45) is 0. The van der Waals surface area contributed by atoms with Crippen LogP contribution in [-0.2, 0) is 11.3 Å². The molecule has 0 atom stereocenters. The standard InChI is InChI=1S/C24H21ClF2N2O4S/c1-13(30)29-8-6-28(7-9-29)12-15-10-14(11-16(25)23(15)32)19-4-5-20(34-19)24(33)21-17(26)2-3-18(31)22(21)27/h2-5,10-11,31-32H,6-9,12H2,1H3. The highest BCUT2D eigenvalue weighted by Crippen LogP contribution is 2.38. The van der Waals surface area contributed by atoms with Gasteiger partial charge in [-0.2, -0.15) is 0 Å². The van der Waals surface area contributed by atoms with E-state index in [1.165, 1.54) is 13.0 Å². The maximum Gasteiger partial charge on any atom is 0.219 e. The van der Waals surface area contributed by atoms with Crippen molar-refractivity contribution in [2.45, 2.75) is 13.5 Å². The number of hydrogen-bond donors (Lipinski definition) is 2. The Kier molecular flexibility index (Phi) is 6.88. The van der Waals surface area contributed by atoms with Crippen LogP contribution < -0.4 is 0 Å². The molecule has 0 radical (unpaired) electrons. The fourth-order valence-corrected chi connectivity index (χ4v) is 5.05. The van der Waals surface area contributed by atoms with Crippen molar-refractivity contribution in [2.24, 2.45) is 0 Å². The molecule has 1 aliphatic heterocycles. The third kappa shape index (κ3) is 4.77. The molecule has 2 aromatic carbocycles. The third-order valence-electron chi connectivity index (χ3n) is 5.77. The van der Waals surface area contributed by atoms with Crippen LogP contribution in [0, 0.1) is 11.6 Å². The number of thiophene rings is 1. The monoisotopic (exact) mass is 506 g/mol. The second-order valence-electron chi connectivity index (χ2n) is 8.00. The number of nitrogens with zero attached hydrogens (tertiary/aromatic N) is 2. The molecule has 1 aromatic heterocycles. The smallest absolute Gasteiger partial charge is 0.219 e. The van der Waals surface area contributed by atoms with Gasteiger partial charge in [0.05, 0.1) is 15.5 Å². The lowest BCUT2D eigenvalue weighted by molar-refractivity contribution is -0.130. The first kappa shape index (κ1) is 24.1. The second kappa shape index (κ2) is 9.69. The van der Waals surface area contributed by atoms with Crippen molar-refractivity contribution in [2.75, 3.05) is 26.2 Å². The topological polar surface area (TPSA) is 81.1 Å². The summed E-state index contributed by atoms with van der Waals surface area (Å²) in [4.78, 5) is 28.8. The molecule has 1 saturated heterocycles. The van der Waals surface area contributed by atoms with Crippen molar-refractivity contribution >= 4 is 34.6 Å². The van der Waals surface area contributed by atoms with E-state index in [0.717, 1.165) is 23.5 Å². The van der Waals surface area contributed by atoms with Crippen LogP contribution in [0.3, 0.4) is 0 Å². The van der Waals surface area contributed by atoms with Crippen LogP contribution in [0.2, 0.25) is 5.02 Å². The fourth-order valence-electron chi connectivity index (χ4n) is 3.87. The van der Waals surface area contributed by atoms with E-state index in [2.05, 4.69) is 4.90 Å². The van der Waals surface area contributed by atoms with E-state index >= 15 is 0 Å². The lowest BCUT2D eigenvalue weighted by atomic mass is 10.1. The Morgan fingerprint density at radius 2 is 1.76 bits per heavy atom. The summed E-state index contributed by atoms with van der Waals surface area (Å²) in [5, 5.41) is 20.1. The zero-order valence-corrected chi connectivity index (χ0v) is 19.7. The van der Waals surface area contributed by atoms with Gasteiger partial charge >= 0.3 is 0 Å². The van der Waals surface area contributed by atoms with Crippen molar-refractivity contribution < 1.29 is 28.6 Å². The highest BCUT2D eigenvalue weighted by atomic mass is 35.5. The SMILES string of the molecule is CC(=O)N1CCN(Cc2cc(-c3ccc(C(=O)c4c(F)ccc(O)c4F)s3)cc(Cl)c2O)CC1. The van der Waals surface area contributed by atoms with Crippen LogP contribution in [-0.4, -0.2) is 57.9 Å². The summed E-state index contributed by atoms with van der Waals surface area (Å²) in [6, 6.07) is 8.09. The van der Waals surface area contributed by atoms with Gasteiger partial charge in [-0.15, -0.1) is 11.3 Å². The van der Waals surface area contributed by atoms with Crippen LogP contribution in [0.5, 0.6) is 11.5 Å². The van der Waals surface area contributed by atoms with Gasteiger partial charge < -0.3 is 15.1 Å². The Bertz CT molecular complexity index is 1270. The number of phenolic OH excluding ortho intramolecular Hbond substituents is 2. The number of aromatic hydroxyl groups is 2. The summed E-state index contributed by atoms with van der Waals surface area (Å²) >= 11 is 7.29. The van der Waals surface area contributed by atoms with Gasteiger partial charge in [0, 0.05) is 50.1 Å². The van der Waals surface area contributed by atoms with E-state index in [9.17, 15) is 28.6 Å². The first-order chi connectivity index (χ1) is 16.2. The van der Waals surface area contributed by atoms with E-state index in [1.807, 2.05) is 0 Å². The van der Waals surface area contributed by atoms with Gasteiger partial charge in [0.15, 0.2) is 11.6 Å². The number of piperazine rings is 1. The number of ketones is 1. The lowest BCUT2D eigenvalue weighted by Crippen LogP contribution is -2.47. The minimum Gasteiger partial charge on any atom is -0.506 e. The third-order valence-corrected chi connectivity index (χ3v) is 7.19. The van der Waals surface area contributed by atoms with Crippen molar-refractivity contribution in [1.82, 2.24) is 9.80 Å². The van der Waals surface area contributed by atoms with Gasteiger partial charge in [0.1, 0.15) is 11.6 Å². The molecule has 0 aliphatic carbocycles. The van der Waals surface area contributed by atoms with Crippen molar-refractivity contribution in [3.8, 4) is 21.9 Å². The largest absolute Gasteiger partial charge is 0.506 e. The van der Waals surface area contributed by atoms with Crippen LogP contribution >= 0.6 is 22.9 Å². The Morgan fingerprint density at radius 3 is 2.44 bits per heavy atom. The Morgan fingerprint density at radius 1 is 1.06 bits per heavy atom. The molecule has 4 rings (SSSR count). The molecule has 0 spiro atoms. The second-order valence-corrected chi connectivity index (χ2v) is 9.49. The van der Waals surface area contributed by atoms with Crippen molar-refractivity contribution in [3.63, 3.8) is 0 Å². The maximum atomic E-state index is 14.2. The number of phenols is 2.